The van der Waals surface area contributed by atoms with Crippen LogP contribution in [-0.4, -0.2) is 89.2 Å². The van der Waals surface area contributed by atoms with Gasteiger partial charge in [-0.3, -0.25) is 14.5 Å². The molecule has 1 aromatic rings. The molecular formula is C18H25N5O4. The molecule has 27 heavy (non-hydrogen) atoms. The van der Waals surface area contributed by atoms with Crippen molar-refractivity contribution in [1.29, 1.82) is 0 Å². The molecule has 0 bridgehead atoms. The fourth-order valence-electron chi connectivity index (χ4n) is 4.45. The van der Waals surface area contributed by atoms with Gasteiger partial charge in [0.05, 0.1) is 13.2 Å². The number of nitrogens with zero attached hydrogens (tertiary/aromatic N) is 5. The van der Waals surface area contributed by atoms with Gasteiger partial charge in [0.25, 0.3) is 0 Å². The highest BCUT2D eigenvalue weighted by Gasteiger charge is 2.58. The van der Waals surface area contributed by atoms with Crippen molar-refractivity contribution in [3.63, 3.8) is 0 Å². The molecular weight excluding hydrogens is 350 g/mol. The Morgan fingerprint density at radius 3 is 2.52 bits per heavy atom. The minimum atomic E-state index is -0.861. The third-order valence-electron chi connectivity index (χ3n) is 5.94. The van der Waals surface area contributed by atoms with E-state index in [9.17, 15) is 14.7 Å². The highest BCUT2D eigenvalue weighted by molar-refractivity contribution is 5.80. The number of hydrogen-bond acceptors (Lipinski definition) is 7. The van der Waals surface area contributed by atoms with Crippen LogP contribution in [0.25, 0.3) is 0 Å². The second kappa shape index (κ2) is 7.05. The molecule has 3 aliphatic heterocycles. The molecule has 3 fully saturated rings. The summed E-state index contributed by atoms with van der Waals surface area (Å²) in [6, 6.07) is 0. The molecule has 0 spiro atoms. The molecule has 4 rings (SSSR count). The Morgan fingerprint density at radius 1 is 1.22 bits per heavy atom. The number of rotatable bonds is 4. The molecule has 1 aromatic heterocycles. The van der Waals surface area contributed by atoms with E-state index in [1.807, 2.05) is 12.4 Å². The van der Waals surface area contributed by atoms with E-state index in [2.05, 4.69) is 19.8 Å². The van der Waals surface area contributed by atoms with Gasteiger partial charge in [0.15, 0.2) is 0 Å². The number of morpholine rings is 1. The van der Waals surface area contributed by atoms with Gasteiger partial charge in [0, 0.05) is 76.6 Å². The van der Waals surface area contributed by atoms with Crippen LogP contribution >= 0.6 is 0 Å². The van der Waals surface area contributed by atoms with Gasteiger partial charge in [0.2, 0.25) is 11.9 Å². The van der Waals surface area contributed by atoms with Crippen LogP contribution < -0.4 is 4.90 Å². The van der Waals surface area contributed by atoms with E-state index in [4.69, 9.17) is 4.74 Å². The van der Waals surface area contributed by atoms with Crippen molar-refractivity contribution in [1.82, 2.24) is 19.8 Å². The Hall–Kier alpha value is -2.26. The normalized spacial score (nSPS) is 28.4. The van der Waals surface area contributed by atoms with Crippen LogP contribution in [0.2, 0.25) is 0 Å². The van der Waals surface area contributed by atoms with Crippen LogP contribution in [0.15, 0.2) is 12.4 Å². The lowest BCUT2D eigenvalue weighted by atomic mass is 9.81. The molecule has 3 aliphatic rings. The quantitative estimate of drug-likeness (QED) is 0.764. The molecule has 0 aromatic carbocycles. The van der Waals surface area contributed by atoms with Crippen LogP contribution in [0.4, 0.5) is 5.95 Å². The number of anilines is 1. The molecule has 146 valence electrons. The number of amides is 1. The number of carboxylic acids is 1. The van der Waals surface area contributed by atoms with Crippen LogP contribution in [0.3, 0.4) is 0 Å². The van der Waals surface area contributed by atoms with Gasteiger partial charge < -0.3 is 19.6 Å². The fraction of sp³-hybridized carbons (Fsp3) is 0.667. The predicted octanol–water partition coefficient (Wildman–Crippen LogP) is -0.322. The molecule has 0 aliphatic carbocycles. The van der Waals surface area contributed by atoms with Gasteiger partial charge in [-0.25, -0.2) is 9.97 Å². The van der Waals surface area contributed by atoms with Gasteiger partial charge in [-0.2, -0.15) is 0 Å². The molecule has 3 saturated heterocycles. The van der Waals surface area contributed by atoms with E-state index >= 15 is 0 Å². The lowest BCUT2D eigenvalue weighted by Crippen LogP contribution is -2.41. The van der Waals surface area contributed by atoms with Gasteiger partial charge >= 0.3 is 5.97 Å². The van der Waals surface area contributed by atoms with E-state index in [0.29, 0.717) is 51.9 Å². The summed E-state index contributed by atoms with van der Waals surface area (Å²) in [6.45, 7) is 7.02. The SMILES string of the molecule is CC(=O)N1CC2CN(Cc3cnc(N4CCOCC4)nc3)CC2(C(=O)O)C1. The first-order valence-electron chi connectivity index (χ1n) is 9.33. The van der Waals surface area contributed by atoms with Crippen molar-refractivity contribution in [2.45, 2.75) is 13.5 Å². The number of likely N-dealkylation sites (tertiary alicyclic amines) is 2. The minimum Gasteiger partial charge on any atom is -0.481 e. The summed E-state index contributed by atoms with van der Waals surface area (Å²) >= 11 is 0. The number of aliphatic carboxylic acids is 1. The maximum Gasteiger partial charge on any atom is 0.313 e. The Morgan fingerprint density at radius 2 is 1.93 bits per heavy atom. The van der Waals surface area contributed by atoms with Crippen molar-refractivity contribution < 1.29 is 19.4 Å². The number of ether oxygens (including phenoxy) is 1. The first-order valence-corrected chi connectivity index (χ1v) is 9.33. The second-order valence-corrected chi connectivity index (χ2v) is 7.72. The van der Waals surface area contributed by atoms with Crippen LogP contribution in [0, 0.1) is 11.3 Å². The van der Waals surface area contributed by atoms with E-state index < -0.39 is 11.4 Å². The Kier molecular flexibility index (Phi) is 4.73. The summed E-state index contributed by atoms with van der Waals surface area (Å²) in [7, 11) is 0. The molecule has 0 saturated carbocycles. The first kappa shape index (κ1) is 18.1. The molecule has 9 heteroatoms. The highest BCUT2D eigenvalue weighted by Crippen LogP contribution is 2.43. The van der Waals surface area contributed by atoms with Crippen molar-refractivity contribution in [2.75, 3.05) is 57.4 Å². The molecule has 9 nitrogen and oxygen atoms in total. The summed E-state index contributed by atoms with van der Waals surface area (Å²) in [5, 5.41) is 9.83. The van der Waals surface area contributed by atoms with Crippen LogP contribution in [0.1, 0.15) is 12.5 Å². The standard InChI is InChI=1S/C18H25N5O4/c1-13(24)23-10-15-9-21(11-18(15,12-23)16(25)26)8-14-6-19-17(20-7-14)22-2-4-27-5-3-22/h6-7,15H,2-5,8-12H2,1H3,(H,25,26). The van der Waals surface area contributed by atoms with Crippen LogP contribution in [0.5, 0.6) is 0 Å². The molecule has 2 unspecified atom stereocenters. The summed E-state index contributed by atoms with van der Waals surface area (Å²) in [6.07, 6.45) is 3.64. The number of carbonyl (C=O) groups is 2. The van der Waals surface area contributed by atoms with Crippen molar-refractivity contribution in [2.24, 2.45) is 11.3 Å². The van der Waals surface area contributed by atoms with Crippen molar-refractivity contribution in [3.05, 3.63) is 18.0 Å². The molecule has 0 radical (unpaired) electrons. The van der Waals surface area contributed by atoms with Gasteiger partial charge in [-0.15, -0.1) is 0 Å². The fourth-order valence-corrected chi connectivity index (χ4v) is 4.45. The molecule has 1 amide bonds. The number of carboxylic acid groups (broad SMARTS) is 1. The number of hydrogen-bond donors (Lipinski definition) is 1. The topological polar surface area (TPSA) is 99.1 Å². The lowest BCUT2D eigenvalue weighted by Gasteiger charge is -2.27. The summed E-state index contributed by atoms with van der Waals surface area (Å²) < 4.78 is 5.34. The van der Waals surface area contributed by atoms with E-state index in [-0.39, 0.29) is 11.8 Å². The van der Waals surface area contributed by atoms with E-state index in [1.54, 1.807) is 4.90 Å². The second-order valence-electron chi connectivity index (χ2n) is 7.72. The van der Waals surface area contributed by atoms with Crippen molar-refractivity contribution in [3.8, 4) is 0 Å². The maximum absolute atomic E-state index is 12.0. The van der Waals surface area contributed by atoms with Gasteiger partial charge in [0.1, 0.15) is 5.41 Å². The zero-order chi connectivity index (χ0) is 19.0. The lowest BCUT2D eigenvalue weighted by molar-refractivity contribution is -0.149. The Labute approximate surface area is 157 Å². The van der Waals surface area contributed by atoms with E-state index in [0.717, 1.165) is 18.7 Å². The molecule has 4 heterocycles. The highest BCUT2D eigenvalue weighted by atomic mass is 16.5. The smallest absolute Gasteiger partial charge is 0.313 e. The summed E-state index contributed by atoms with van der Waals surface area (Å²) in [4.78, 5) is 38.5. The zero-order valence-corrected chi connectivity index (χ0v) is 15.5. The monoisotopic (exact) mass is 375 g/mol. The summed E-state index contributed by atoms with van der Waals surface area (Å²) in [5.74, 6) is -0.187. The Bertz CT molecular complexity index is 721. The molecule has 2 atom stereocenters. The number of aromatic nitrogens is 2. The van der Waals surface area contributed by atoms with Gasteiger partial charge in [-0.05, 0) is 0 Å². The zero-order valence-electron chi connectivity index (χ0n) is 15.5. The minimum absolute atomic E-state index is 0.0348. The third kappa shape index (κ3) is 3.37. The largest absolute Gasteiger partial charge is 0.481 e. The summed E-state index contributed by atoms with van der Waals surface area (Å²) in [5.41, 5.74) is 0.108. The average molecular weight is 375 g/mol. The Balaban J connectivity index is 1.41. The van der Waals surface area contributed by atoms with Crippen LogP contribution in [-0.2, 0) is 20.9 Å². The van der Waals surface area contributed by atoms with Gasteiger partial charge in [-0.1, -0.05) is 0 Å². The first-order chi connectivity index (χ1) is 13.0. The maximum atomic E-state index is 12.0. The third-order valence-corrected chi connectivity index (χ3v) is 5.94. The van der Waals surface area contributed by atoms with E-state index in [1.165, 1.54) is 6.92 Å². The predicted molar refractivity (Wildman–Crippen MR) is 96.2 cm³/mol. The average Bonchev–Trinajstić information content (AvgIpc) is 3.18. The number of fused-ring (bicyclic) bond motifs is 1. The van der Waals surface area contributed by atoms with Crippen molar-refractivity contribution >= 4 is 17.8 Å². The molecule has 1 N–H and O–H groups in total. The number of carbonyl (C=O) groups excluding carboxylic acids is 1.